The smallest absolute Gasteiger partial charge is 0.321 e. The van der Waals surface area contributed by atoms with Crippen molar-refractivity contribution in [3.05, 3.63) is 24.3 Å². The number of carbonyl (C=O) groups excluding carboxylic acids is 2. The zero-order valence-electron chi connectivity index (χ0n) is 11.2. The Morgan fingerprint density at radius 1 is 1.45 bits per heavy atom. The number of amides is 3. The van der Waals surface area contributed by atoms with Crippen LogP contribution in [0.1, 0.15) is 12.8 Å². The van der Waals surface area contributed by atoms with E-state index in [1.807, 2.05) is 24.3 Å². The molecule has 6 heteroatoms. The summed E-state index contributed by atoms with van der Waals surface area (Å²) in [6.07, 6.45) is 1.70. The molecule has 1 aliphatic carbocycles. The molecule has 106 valence electrons. The average Bonchev–Trinajstić information content (AvgIpc) is 3.15. The third kappa shape index (κ3) is 2.22. The number of rotatable bonds is 4. The highest BCUT2D eigenvalue weighted by Crippen LogP contribution is 2.45. The molecule has 1 saturated heterocycles. The van der Waals surface area contributed by atoms with Gasteiger partial charge in [-0.1, -0.05) is 6.07 Å². The topological polar surface area (TPSA) is 87.5 Å². The number of carbonyl (C=O) groups is 2. The molecular weight excluding hydrogens is 256 g/mol. The lowest BCUT2D eigenvalue weighted by molar-refractivity contribution is -0.120. The molecule has 0 aromatic heterocycles. The SMILES string of the molecule is NCC1(C(=O)Nc2cccc(N3CCNC3=O)c2)CC1. The maximum absolute atomic E-state index is 12.1. The van der Waals surface area contributed by atoms with Crippen LogP contribution in [0.2, 0.25) is 0 Å². The summed E-state index contributed by atoms with van der Waals surface area (Å²) in [6, 6.07) is 7.22. The summed E-state index contributed by atoms with van der Waals surface area (Å²) in [7, 11) is 0. The molecule has 6 nitrogen and oxygen atoms in total. The molecule has 4 N–H and O–H groups in total. The van der Waals surface area contributed by atoms with Crippen LogP contribution in [0.15, 0.2) is 24.3 Å². The summed E-state index contributed by atoms with van der Waals surface area (Å²) in [4.78, 5) is 25.4. The third-order valence-electron chi connectivity index (χ3n) is 4.00. The van der Waals surface area contributed by atoms with Crippen molar-refractivity contribution in [2.24, 2.45) is 11.1 Å². The van der Waals surface area contributed by atoms with Crippen LogP contribution >= 0.6 is 0 Å². The van der Waals surface area contributed by atoms with Gasteiger partial charge in [0.1, 0.15) is 0 Å². The molecule has 0 bridgehead atoms. The van der Waals surface area contributed by atoms with Gasteiger partial charge in [-0.05, 0) is 31.0 Å². The van der Waals surface area contributed by atoms with Crippen LogP contribution in [0.3, 0.4) is 0 Å². The van der Waals surface area contributed by atoms with Crippen LogP contribution in [-0.2, 0) is 4.79 Å². The van der Waals surface area contributed by atoms with E-state index in [4.69, 9.17) is 5.73 Å². The summed E-state index contributed by atoms with van der Waals surface area (Å²) < 4.78 is 0. The lowest BCUT2D eigenvalue weighted by Gasteiger charge is -2.17. The van der Waals surface area contributed by atoms with E-state index in [0.29, 0.717) is 25.3 Å². The second-order valence-electron chi connectivity index (χ2n) is 5.37. The molecule has 1 saturated carbocycles. The van der Waals surface area contributed by atoms with E-state index in [2.05, 4.69) is 10.6 Å². The molecule has 0 spiro atoms. The van der Waals surface area contributed by atoms with Crippen LogP contribution in [0.5, 0.6) is 0 Å². The van der Waals surface area contributed by atoms with E-state index in [9.17, 15) is 9.59 Å². The minimum atomic E-state index is -0.374. The van der Waals surface area contributed by atoms with Crippen LogP contribution in [0, 0.1) is 5.41 Å². The molecule has 2 fully saturated rings. The molecule has 1 heterocycles. The first kappa shape index (κ1) is 12.9. The lowest BCUT2D eigenvalue weighted by Crippen LogP contribution is -2.31. The van der Waals surface area contributed by atoms with Crippen LogP contribution in [-0.4, -0.2) is 31.6 Å². The van der Waals surface area contributed by atoms with Crippen molar-refractivity contribution in [3.8, 4) is 0 Å². The van der Waals surface area contributed by atoms with Crippen molar-refractivity contribution >= 4 is 23.3 Å². The Bertz CT molecular complexity index is 554. The second-order valence-corrected chi connectivity index (χ2v) is 5.37. The highest BCUT2D eigenvalue weighted by atomic mass is 16.2. The molecule has 0 unspecified atom stereocenters. The van der Waals surface area contributed by atoms with Gasteiger partial charge in [0.25, 0.3) is 0 Å². The lowest BCUT2D eigenvalue weighted by atomic mass is 10.1. The van der Waals surface area contributed by atoms with E-state index in [1.54, 1.807) is 4.90 Å². The molecule has 0 radical (unpaired) electrons. The van der Waals surface area contributed by atoms with Crippen molar-refractivity contribution in [3.63, 3.8) is 0 Å². The normalized spacial score (nSPS) is 19.6. The molecule has 0 atom stereocenters. The van der Waals surface area contributed by atoms with Gasteiger partial charge >= 0.3 is 6.03 Å². The van der Waals surface area contributed by atoms with Crippen molar-refractivity contribution in [1.29, 1.82) is 0 Å². The Labute approximate surface area is 117 Å². The Morgan fingerprint density at radius 2 is 2.25 bits per heavy atom. The fourth-order valence-corrected chi connectivity index (χ4v) is 2.41. The van der Waals surface area contributed by atoms with Crippen LogP contribution in [0.4, 0.5) is 16.2 Å². The number of benzene rings is 1. The van der Waals surface area contributed by atoms with Crippen molar-refractivity contribution in [2.75, 3.05) is 29.9 Å². The molecule has 3 rings (SSSR count). The van der Waals surface area contributed by atoms with Crippen molar-refractivity contribution < 1.29 is 9.59 Å². The Morgan fingerprint density at radius 3 is 2.85 bits per heavy atom. The number of urea groups is 1. The summed E-state index contributed by atoms with van der Waals surface area (Å²) in [5.41, 5.74) is 6.76. The average molecular weight is 274 g/mol. The van der Waals surface area contributed by atoms with Crippen LogP contribution in [0.25, 0.3) is 0 Å². The number of nitrogens with one attached hydrogen (secondary N) is 2. The van der Waals surface area contributed by atoms with Gasteiger partial charge < -0.3 is 16.4 Å². The molecular formula is C14H18N4O2. The fraction of sp³-hybridized carbons (Fsp3) is 0.429. The molecule has 20 heavy (non-hydrogen) atoms. The molecule has 1 aliphatic heterocycles. The molecule has 1 aromatic rings. The van der Waals surface area contributed by atoms with E-state index in [0.717, 1.165) is 18.5 Å². The van der Waals surface area contributed by atoms with Gasteiger partial charge in [0, 0.05) is 31.0 Å². The highest BCUT2D eigenvalue weighted by Gasteiger charge is 2.48. The van der Waals surface area contributed by atoms with E-state index >= 15 is 0 Å². The Balaban J connectivity index is 1.74. The predicted molar refractivity (Wildman–Crippen MR) is 76.5 cm³/mol. The summed E-state index contributed by atoms with van der Waals surface area (Å²) in [5, 5.41) is 5.65. The highest BCUT2D eigenvalue weighted by molar-refractivity contribution is 5.99. The van der Waals surface area contributed by atoms with Gasteiger partial charge in [-0.15, -0.1) is 0 Å². The van der Waals surface area contributed by atoms with E-state index < -0.39 is 0 Å². The standard InChI is InChI=1S/C14H18N4O2/c15-9-14(4-5-14)12(19)17-10-2-1-3-11(8-10)18-7-6-16-13(18)20/h1-3,8H,4-7,9,15H2,(H,16,20)(H,17,19). The third-order valence-corrected chi connectivity index (χ3v) is 4.00. The van der Waals surface area contributed by atoms with E-state index in [1.165, 1.54) is 0 Å². The van der Waals surface area contributed by atoms with Crippen molar-refractivity contribution in [1.82, 2.24) is 5.32 Å². The zero-order valence-corrected chi connectivity index (χ0v) is 11.2. The van der Waals surface area contributed by atoms with Gasteiger partial charge in [-0.2, -0.15) is 0 Å². The monoisotopic (exact) mass is 274 g/mol. The zero-order chi connectivity index (χ0) is 14.2. The maximum atomic E-state index is 12.1. The number of anilines is 2. The van der Waals surface area contributed by atoms with Gasteiger partial charge in [0.15, 0.2) is 0 Å². The first-order valence-corrected chi connectivity index (χ1v) is 6.82. The largest absolute Gasteiger partial charge is 0.336 e. The van der Waals surface area contributed by atoms with Crippen molar-refractivity contribution in [2.45, 2.75) is 12.8 Å². The number of nitrogens with zero attached hydrogens (tertiary/aromatic N) is 1. The first-order chi connectivity index (χ1) is 9.64. The van der Waals surface area contributed by atoms with E-state index in [-0.39, 0.29) is 17.4 Å². The number of hydrogen-bond donors (Lipinski definition) is 3. The quantitative estimate of drug-likeness (QED) is 0.762. The van der Waals surface area contributed by atoms with Gasteiger partial charge in [-0.3, -0.25) is 9.69 Å². The summed E-state index contributed by atoms with van der Waals surface area (Å²) in [5.74, 6) is -0.0250. The predicted octanol–water partition coefficient (Wildman–Crippen LogP) is 0.894. The van der Waals surface area contributed by atoms with Gasteiger partial charge in [-0.25, -0.2) is 4.79 Å². The summed E-state index contributed by atoms with van der Waals surface area (Å²) in [6.45, 7) is 1.67. The maximum Gasteiger partial charge on any atom is 0.321 e. The summed E-state index contributed by atoms with van der Waals surface area (Å²) >= 11 is 0. The Kier molecular flexibility index (Phi) is 3.10. The Hall–Kier alpha value is -2.08. The number of nitrogens with two attached hydrogens (primary N) is 1. The molecule has 1 aromatic carbocycles. The number of hydrogen-bond acceptors (Lipinski definition) is 3. The van der Waals surface area contributed by atoms with Gasteiger partial charge in [0.05, 0.1) is 5.41 Å². The molecule has 3 amide bonds. The van der Waals surface area contributed by atoms with Gasteiger partial charge in [0.2, 0.25) is 5.91 Å². The second kappa shape index (κ2) is 4.79. The fourth-order valence-electron chi connectivity index (χ4n) is 2.41. The molecule has 2 aliphatic rings. The van der Waals surface area contributed by atoms with Crippen LogP contribution < -0.4 is 21.3 Å². The minimum absolute atomic E-state index is 0.0250. The first-order valence-electron chi connectivity index (χ1n) is 6.82. The minimum Gasteiger partial charge on any atom is -0.336 e.